The van der Waals surface area contributed by atoms with Gasteiger partial charge in [-0.3, -0.25) is 19.2 Å². The summed E-state index contributed by atoms with van der Waals surface area (Å²) in [6.45, 7) is 3.09. The highest BCUT2D eigenvalue weighted by atomic mass is 16.5. The zero-order valence-corrected chi connectivity index (χ0v) is 22.4. The Balaban J connectivity index is 1.14. The van der Waals surface area contributed by atoms with Gasteiger partial charge in [-0.15, -0.1) is 0 Å². The van der Waals surface area contributed by atoms with Gasteiger partial charge in [-0.05, 0) is 55.0 Å². The number of rotatable bonds is 6. The molecule has 1 aliphatic carbocycles. The van der Waals surface area contributed by atoms with Crippen molar-refractivity contribution in [3.05, 3.63) is 103 Å². The second-order valence-corrected chi connectivity index (χ2v) is 10.3. The number of ether oxygens (including phenoxy) is 1. The molecule has 41 heavy (non-hydrogen) atoms. The van der Waals surface area contributed by atoms with Gasteiger partial charge < -0.3 is 26.0 Å². The van der Waals surface area contributed by atoms with Gasteiger partial charge in [0.15, 0.2) is 0 Å². The highest BCUT2D eigenvalue weighted by Crippen LogP contribution is 2.37. The Bertz CT molecular complexity index is 1760. The van der Waals surface area contributed by atoms with E-state index < -0.39 is 16.8 Å². The Morgan fingerprint density at radius 2 is 1.85 bits per heavy atom. The molecule has 11 heteroatoms. The molecule has 0 unspecified atom stereocenters. The zero-order valence-electron chi connectivity index (χ0n) is 22.4. The van der Waals surface area contributed by atoms with Crippen molar-refractivity contribution in [2.45, 2.75) is 38.8 Å². The summed E-state index contributed by atoms with van der Waals surface area (Å²) >= 11 is 0. The fourth-order valence-corrected chi connectivity index (χ4v) is 5.44. The van der Waals surface area contributed by atoms with Crippen LogP contribution >= 0.6 is 0 Å². The molecule has 1 aliphatic heterocycles. The summed E-state index contributed by atoms with van der Waals surface area (Å²) in [6, 6.07) is 12.8. The molecule has 0 radical (unpaired) electrons. The maximum Gasteiger partial charge on any atom is 0.270 e. The summed E-state index contributed by atoms with van der Waals surface area (Å²) in [5.74, 6) is -0.294. The van der Waals surface area contributed by atoms with Crippen LogP contribution in [0.15, 0.2) is 58.4 Å². The predicted molar refractivity (Wildman–Crippen MR) is 152 cm³/mol. The Morgan fingerprint density at radius 3 is 2.66 bits per heavy atom. The molecule has 0 fully saturated rings. The minimum absolute atomic E-state index is 0.0580. The van der Waals surface area contributed by atoms with Crippen LogP contribution in [0.2, 0.25) is 0 Å². The molecule has 208 valence electrons. The molecule has 2 aliphatic rings. The van der Waals surface area contributed by atoms with Crippen LogP contribution in [-0.4, -0.2) is 34.9 Å². The van der Waals surface area contributed by atoms with Gasteiger partial charge in [-0.2, -0.15) is 0 Å². The van der Waals surface area contributed by atoms with Crippen LogP contribution in [0.1, 0.15) is 62.1 Å². The third-order valence-electron chi connectivity index (χ3n) is 7.56. The lowest BCUT2D eigenvalue weighted by atomic mass is 10.1. The standard InChI is InChI=1S/C30H28N6O5/c1-16-3-6-19-18(11-16)5-7-20(19)35-30(40)22-13-21(33-15-34-22)29(39)32-14-17-4-8-24-23(12-17)36(9-2-10-41-24)26-25(31)27(37)28(26)38/h3-4,6,8,11-13,15,20H,2,5,7,9-10,14,31H2,1H3,(H,32,39)(H,35,40)/t20-/m0/s1. The fraction of sp³-hybridized carbons (Fsp3) is 0.267. The number of hydrogen-bond acceptors (Lipinski definition) is 9. The summed E-state index contributed by atoms with van der Waals surface area (Å²) in [5, 5.41) is 5.84. The van der Waals surface area contributed by atoms with Crippen molar-refractivity contribution < 1.29 is 14.3 Å². The van der Waals surface area contributed by atoms with Crippen LogP contribution in [0.3, 0.4) is 0 Å². The van der Waals surface area contributed by atoms with Gasteiger partial charge in [0, 0.05) is 19.2 Å². The Kier molecular flexibility index (Phi) is 6.70. The molecular formula is C30H28N6O5. The largest absolute Gasteiger partial charge is 0.491 e. The van der Waals surface area contributed by atoms with Crippen molar-refractivity contribution in [3.8, 4) is 5.75 Å². The molecule has 1 aromatic heterocycles. The molecule has 0 saturated heterocycles. The molecule has 11 nitrogen and oxygen atoms in total. The fourth-order valence-electron chi connectivity index (χ4n) is 5.44. The van der Waals surface area contributed by atoms with Crippen LogP contribution in [0, 0.1) is 6.92 Å². The minimum atomic E-state index is -0.684. The van der Waals surface area contributed by atoms with Crippen molar-refractivity contribution in [2.24, 2.45) is 0 Å². The number of hydrogen-bond donors (Lipinski definition) is 3. The third-order valence-corrected chi connectivity index (χ3v) is 7.56. The van der Waals surface area contributed by atoms with E-state index in [1.807, 2.05) is 19.1 Å². The van der Waals surface area contributed by atoms with Gasteiger partial charge in [0.2, 0.25) is 0 Å². The lowest BCUT2D eigenvalue weighted by molar-refractivity contribution is 0.0931. The maximum atomic E-state index is 13.0. The third kappa shape index (κ3) is 4.90. The quantitative estimate of drug-likeness (QED) is 0.305. The predicted octanol–water partition coefficient (Wildman–Crippen LogP) is 2.23. The van der Waals surface area contributed by atoms with Crippen LogP contribution in [0.25, 0.3) is 0 Å². The van der Waals surface area contributed by atoms with E-state index in [0.717, 1.165) is 24.0 Å². The normalized spacial score (nSPS) is 15.9. The number of aromatic nitrogens is 2. The van der Waals surface area contributed by atoms with E-state index in [1.165, 1.54) is 23.5 Å². The van der Waals surface area contributed by atoms with Gasteiger partial charge in [0.25, 0.3) is 22.7 Å². The highest BCUT2D eigenvalue weighted by Gasteiger charge is 2.29. The second kappa shape index (κ2) is 10.5. The van der Waals surface area contributed by atoms with E-state index in [4.69, 9.17) is 10.5 Å². The van der Waals surface area contributed by atoms with Crippen molar-refractivity contribution in [1.82, 2.24) is 20.6 Å². The number of anilines is 3. The lowest BCUT2D eigenvalue weighted by Gasteiger charge is -2.26. The number of nitrogens with two attached hydrogens (primary N) is 1. The van der Waals surface area contributed by atoms with Gasteiger partial charge in [-0.25, -0.2) is 9.97 Å². The number of aryl methyl sites for hydroxylation is 2. The van der Waals surface area contributed by atoms with Gasteiger partial charge >= 0.3 is 0 Å². The first-order valence-corrected chi connectivity index (χ1v) is 13.4. The second-order valence-electron chi connectivity index (χ2n) is 10.3. The lowest BCUT2D eigenvalue weighted by Crippen LogP contribution is -2.41. The molecule has 3 aromatic carbocycles. The molecule has 2 heterocycles. The molecule has 0 spiro atoms. The molecule has 6 rings (SSSR count). The van der Waals surface area contributed by atoms with Crippen molar-refractivity contribution >= 4 is 28.9 Å². The van der Waals surface area contributed by atoms with Gasteiger partial charge in [0.1, 0.15) is 34.8 Å². The van der Waals surface area contributed by atoms with Gasteiger partial charge in [-0.1, -0.05) is 29.8 Å². The number of amides is 2. The number of nitrogens with zero attached hydrogens (tertiary/aromatic N) is 3. The zero-order chi connectivity index (χ0) is 28.7. The average Bonchev–Trinajstić information content (AvgIpc) is 3.26. The SMILES string of the molecule is Cc1ccc2c(c1)CC[C@@H]2NC(=O)c1cc(C(=O)NCc2ccc3c(c2)N(c2c(N)c(=O)c2=O)CCCO3)ncn1. The number of nitrogen functional groups attached to an aromatic ring is 1. The number of nitrogens with one attached hydrogen (secondary N) is 2. The van der Waals surface area contributed by atoms with Crippen molar-refractivity contribution in [1.29, 1.82) is 0 Å². The first-order chi connectivity index (χ1) is 19.8. The molecule has 2 amide bonds. The van der Waals surface area contributed by atoms with E-state index in [9.17, 15) is 19.2 Å². The van der Waals surface area contributed by atoms with E-state index in [2.05, 4.69) is 26.7 Å². The Hall–Kier alpha value is -5.06. The number of carbonyl (C=O) groups excluding carboxylic acids is 2. The van der Waals surface area contributed by atoms with Crippen LogP contribution in [0.5, 0.6) is 5.75 Å². The van der Waals surface area contributed by atoms with E-state index >= 15 is 0 Å². The van der Waals surface area contributed by atoms with E-state index in [-0.39, 0.29) is 41.3 Å². The van der Waals surface area contributed by atoms with Crippen molar-refractivity contribution in [2.75, 3.05) is 23.8 Å². The molecule has 4 N–H and O–H groups in total. The van der Waals surface area contributed by atoms with Crippen LogP contribution in [-0.2, 0) is 13.0 Å². The number of fused-ring (bicyclic) bond motifs is 2. The molecule has 1 atom stereocenters. The smallest absolute Gasteiger partial charge is 0.270 e. The summed E-state index contributed by atoms with van der Waals surface area (Å²) < 4.78 is 5.81. The van der Waals surface area contributed by atoms with Crippen LogP contribution < -0.4 is 36.9 Å². The average molecular weight is 553 g/mol. The first kappa shape index (κ1) is 26.2. The van der Waals surface area contributed by atoms with Gasteiger partial charge in [0.05, 0.1) is 18.3 Å². The monoisotopic (exact) mass is 552 g/mol. The number of benzene rings is 2. The van der Waals surface area contributed by atoms with E-state index in [1.54, 1.807) is 23.1 Å². The summed E-state index contributed by atoms with van der Waals surface area (Å²) in [5.41, 5.74) is 9.65. The molecule has 4 aromatic rings. The summed E-state index contributed by atoms with van der Waals surface area (Å²) in [7, 11) is 0. The van der Waals surface area contributed by atoms with E-state index in [0.29, 0.717) is 31.0 Å². The molecule has 0 saturated carbocycles. The topological polar surface area (TPSA) is 157 Å². The van der Waals surface area contributed by atoms with Crippen LogP contribution in [0.4, 0.5) is 17.1 Å². The summed E-state index contributed by atoms with van der Waals surface area (Å²) in [4.78, 5) is 59.7. The maximum absolute atomic E-state index is 13.0. The summed E-state index contributed by atoms with van der Waals surface area (Å²) in [6.07, 6.45) is 3.53. The minimum Gasteiger partial charge on any atom is -0.491 e. The first-order valence-electron chi connectivity index (χ1n) is 13.4. The molecule has 0 bridgehead atoms. The van der Waals surface area contributed by atoms with Crippen molar-refractivity contribution in [3.63, 3.8) is 0 Å². The molecular weight excluding hydrogens is 524 g/mol. The Morgan fingerprint density at radius 1 is 1.05 bits per heavy atom. The highest BCUT2D eigenvalue weighted by molar-refractivity contribution is 5.97. The Labute approximate surface area is 235 Å². The number of carbonyl (C=O) groups is 2.